The first-order valence-electron chi connectivity index (χ1n) is 18.2. The maximum atomic E-state index is 13.2. The molecule has 0 radical (unpaired) electrons. The fourth-order valence-corrected chi connectivity index (χ4v) is 9.61. The molecule has 3 aliphatic rings. The van der Waals surface area contributed by atoms with Gasteiger partial charge in [-0.05, 0) is 134 Å². The number of rotatable bonds is 8. The Morgan fingerprint density at radius 3 is 1.33 bits per heavy atom. The molecular formula is C42H53F3. The van der Waals surface area contributed by atoms with E-state index in [4.69, 9.17) is 0 Å². The van der Waals surface area contributed by atoms with Crippen molar-refractivity contribution in [3.05, 3.63) is 106 Å². The molecular weight excluding hydrogens is 561 g/mol. The highest BCUT2D eigenvalue weighted by molar-refractivity contribution is 5.53. The highest BCUT2D eigenvalue weighted by Gasteiger charge is 2.45. The first kappa shape index (κ1) is 32.4. The average Bonchev–Trinajstić information content (AvgIpc) is 3.10. The normalized spacial score (nSPS) is 25.3. The Morgan fingerprint density at radius 1 is 0.489 bits per heavy atom. The van der Waals surface area contributed by atoms with Gasteiger partial charge in [0, 0.05) is 5.41 Å². The van der Waals surface area contributed by atoms with Crippen molar-refractivity contribution in [3.63, 3.8) is 0 Å². The van der Waals surface area contributed by atoms with Crippen LogP contribution in [0.3, 0.4) is 0 Å². The Kier molecular flexibility index (Phi) is 10.1. The second-order valence-corrected chi connectivity index (χ2v) is 14.6. The predicted octanol–water partition coefficient (Wildman–Crippen LogP) is 12.4. The zero-order valence-electron chi connectivity index (χ0n) is 27.6. The van der Waals surface area contributed by atoms with Gasteiger partial charge in [0.25, 0.3) is 0 Å². The lowest BCUT2D eigenvalue weighted by molar-refractivity contribution is -0.185. The van der Waals surface area contributed by atoms with Crippen molar-refractivity contribution in [1.29, 1.82) is 0 Å². The van der Waals surface area contributed by atoms with E-state index in [9.17, 15) is 13.2 Å². The zero-order valence-corrected chi connectivity index (χ0v) is 27.6. The molecule has 0 unspecified atom stereocenters. The van der Waals surface area contributed by atoms with Gasteiger partial charge in [-0.25, -0.2) is 0 Å². The number of alkyl halides is 3. The van der Waals surface area contributed by atoms with E-state index >= 15 is 0 Å². The molecule has 3 fully saturated rings. The van der Waals surface area contributed by atoms with Gasteiger partial charge in [0.05, 0.1) is 5.92 Å². The van der Waals surface area contributed by atoms with Gasteiger partial charge in [0.2, 0.25) is 0 Å². The van der Waals surface area contributed by atoms with Crippen molar-refractivity contribution in [2.24, 2.45) is 23.7 Å². The molecule has 45 heavy (non-hydrogen) atoms. The lowest BCUT2D eigenvalue weighted by Crippen LogP contribution is -2.39. The lowest BCUT2D eigenvalue weighted by atomic mass is 9.58. The molecule has 0 spiro atoms. The zero-order chi connectivity index (χ0) is 31.4. The molecule has 0 aliphatic heterocycles. The fourth-order valence-electron chi connectivity index (χ4n) is 9.61. The molecule has 3 aromatic carbocycles. The minimum absolute atomic E-state index is 0.176. The average molecular weight is 615 g/mol. The third kappa shape index (κ3) is 6.79. The van der Waals surface area contributed by atoms with Gasteiger partial charge in [-0.2, -0.15) is 13.2 Å². The summed E-state index contributed by atoms with van der Waals surface area (Å²) in [5, 5.41) is 0. The van der Waals surface area contributed by atoms with Crippen LogP contribution in [-0.4, -0.2) is 6.18 Å². The standard InChI is InChI=1S/C42H53F3/c1-3-30-10-22-37(23-11-30)41(36-8-6-5-7-9-36,38-24-12-31(4-2)13-25-38)39-26-18-34(19-27-39)32-14-16-33(17-15-32)35-20-28-40(29-21-35)42(43,44)45/h10-13,18-19,22-27,32-33,35-36,40H,3-9,14-17,20-21,28-29H2,1-2H3. The second kappa shape index (κ2) is 14.1. The Balaban J connectivity index is 1.26. The van der Waals surface area contributed by atoms with E-state index < -0.39 is 12.1 Å². The maximum absolute atomic E-state index is 13.2. The Morgan fingerprint density at radius 2 is 0.911 bits per heavy atom. The predicted molar refractivity (Wildman–Crippen MR) is 181 cm³/mol. The Bertz CT molecular complexity index is 1280. The summed E-state index contributed by atoms with van der Waals surface area (Å²) < 4.78 is 39.6. The molecule has 0 N–H and O–H groups in total. The third-order valence-electron chi connectivity index (χ3n) is 12.4. The fraction of sp³-hybridized carbons (Fsp3) is 0.571. The number of benzene rings is 3. The van der Waals surface area contributed by atoms with Crippen LogP contribution in [0.4, 0.5) is 13.2 Å². The van der Waals surface area contributed by atoms with Gasteiger partial charge in [-0.1, -0.05) is 106 Å². The highest BCUT2D eigenvalue weighted by atomic mass is 19.4. The van der Waals surface area contributed by atoms with Crippen LogP contribution in [0.2, 0.25) is 0 Å². The van der Waals surface area contributed by atoms with E-state index in [-0.39, 0.29) is 5.41 Å². The number of hydrogen-bond acceptors (Lipinski definition) is 0. The summed E-state index contributed by atoms with van der Waals surface area (Å²) in [5.41, 5.74) is 8.30. The molecule has 0 aromatic heterocycles. The Labute approximate surface area is 270 Å². The van der Waals surface area contributed by atoms with Gasteiger partial charge in [-0.15, -0.1) is 0 Å². The van der Waals surface area contributed by atoms with Crippen LogP contribution >= 0.6 is 0 Å². The number of aryl methyl sites for hydroxylation is 2. The van der Waals surface area contributed by atoms with E-state index in [1.165, 1.54) is 65.5 Å². The number of hydrogen-bond donors (Lipinski definition) is 0. The first-order valence-corrected chi connectivity index (χ1v) is 18.2. The molecule has 3 heteroatoms. The summed E-state index contributed by atoms with van der Waals surface area (Å²) in [5.74, 6) is 1.13. The van der Waals surface area contributed by atoms with Gasteiger partial charge in [-0.3, -0.25) is 0 Å². The molecule has 3 saturated carbocycles. The monoisotopic (exact) mass is 614 g/mol. The van der Waals surface area contributed by atoms with Crippen LogP contribution in [0, 0.1) is 23.7 Å². The lowest BCUT2D eigenvalue weighted by Gasteiger charge is -2.45. The summed E-state index contributed by atoms with van der Waals surface area (Å²) in [6, 6.07) is 28.8. The summed E-state index contributed by atoms with van der Waals surface area (Å²) in [6.07, 6.45) is 11.3. The minimum atomic E-state index is -4.01. The molecule has 0 atom stereocenters. The van der Waals surface area contributed by atoms with E-state index in [2.05, 4.69) is 86.6 Å². The van der Waals surface area contributed by atoms with E-state index in [1.807, 2.05) is 0 Å². The van der Waals surface area contributed by atoms with Crippen molar-refractivity contribution in [2.75, 3.05) is 0 Å². The molecule has 0 amide bonds. The molecule has 6 rings (SSSR count). The first-order chi connectivity index (χ1) is 21.8. The van der Waals surface area contributed by atoms with Gasteiger partial charge < -0.3 is 0 Å². The quantitative estimate of drug-likeness (QED) is 0.221. The van der Waals surface area contributed by atoms with Gasteiger partial charge in [0.1, 0.15) is 0 Å². The van der Waals surface area contributed by atoms with Crippen molar-refractivity contribution < 1.29 is 13.2 Å². The second-order valence-electron chi connectivity index (χ2n) is 14.6. The van der Waals surface area contributed by atoms with Crippen molar-refractivity contribution in [3.8, 4) is 0 Å². The van der Waals surface area contributed by atoms with Crippen LogP contribution in [0.5, 0.6) is 0 Å². The largest absolute Gasteiger partial charge is 0.391 e. The van der Waals surface area contributed by atoms with E-state index in [0.29, 0.717) is 36.5 Å². The summed E-state index contributed by atoms with van der Waals surface area (Å²) >= 11 is 0. The summed E-state index contributed by atoms with van der Waals surface area (Å²) in [7, 11) is 0. The van der Waals surface area contributed by atoms with Crippen molar-refractivity contribution in [2.45, 2.75) is 128 Å². The minimum Gasteiger partial charge on any atom is -0.171 e. The summed E-state index contributed by atoms with van der Waals surface area (Å²) in [4.78, 5) is 0. The van der Waals surface area contributed by atoms with Crippen LogP contribution in [0.25, 0.3) is 0 Å². The molecule has 3 aromatic rings. The van der Waals surface area contributed by atoms with Crippen LogP contribution in [-0.2, 0) is 18.3 Å². The molecule has 0 saturated heterocycles. The molecule has 0 nitrogen and oxygen atoms in total. The molecule has 242 valence electrons. The van der Waals surface area contributed by atoms with Crippen LogP contribution < -0.4 is 0 Å². The molecule has 3 aliphatic carbocycles. The Hall–Kier alpha value is -2.55. The van der Waals surface area contributed by atoms with Crippen LogP contribution in [0.1, 0.15) is 137 Å². The van der Waals surface area contributed by atoms with Gasteiger partial charge in [0.15, 0.2) is 0 Å². The van der Waals surface area contributed by atoms with Crippen molar-refractivity contribution in [1.82, 2.24) is 0 Å². The maximum Gasteiger partial charge on any atom is 0.391 e. The van der Waals surface area contributed by atoms with Crippen LogP contribution in [0.15, 0.2) is 72.8 Å². The SMILES string of the molecule is CCc1ccc(C(c2ccc(CC)cc2)(c2ccc(C3CCC(C4CCC(C(F)(F)F)CC4)CC3)cc2)C2CCCCC2)cc1. The van der Waals surface area contributed by atoms with Gasteiger partial charge >= 0.3 is 6.18 Å². The number of halogens is 3. The van der Waals surface area contributed by atoms with E-state index in [1.54, 1.807) is 0 Å². The third-order valence-corrected chi connectivity index (χ3v) is 12.4. The molecule has 0 bridgehead atoms. The van der Waals surface area contributed by atoms with Crippen molar-refractivity contribution >= 4 is 0 Å². The molecule has 0 heterocycles. The topological polar surface area (TPSA) is 0 Å². The smallest absolute Gasteiger partial charge is 0.171 e. The summed E-state index contributed by atoms with van der Waals surface area (Å²) in [6.45, 7) is 4.47. The highest BCUT2D eigenvalue weighted by Crippen LogP contribution is 2.52. The van der Waals surface area contributed by atoms with E-state index in [0.717, 1.165) is 51.4 Å².